The maximum atomic E-state index is 10.2. The third kappa shape index (κ3) is 4.12. The third-order valence-electron chi connectivity index (χ3n) is 9.30. The number of rotatable bonds is 6. The summed E-state index contributed by atoms with van der Waals surface area (Å²) in [4.78, 5) is 11.3. The Hall–Kier alpha value is -0.840. The third-order valence-corrected chi connectivity index (χ3v) is 9.30. The molecule has 5 unspecified atom stereocenters. The summed E-state index contributed by atoms with van der Waals surface area (Å²) in [5, 5.41) is 20.3. The van der Waals surface area contributed by atoms with Crippen molar-refractivity contribution in [3.05, 3.63) is 24.0 Å². The van der Waals surface area contributed by atoms with Crippen molar-refractivity contribution in [1.29, 1.82) is 0 Å². The van der Waals surface area contributed by atoms with E-state index in [1.807, 2.05) is 0 Å². The molecule has 4 saturated carbocycles. The highest BCUT2D eigenvalue weighted by molar-refractivity contribution is 5.13. The fourth-order valence-corrected chi connectivity index (χ4v) is 7.34. The van der Waals surface area contributed by atoms with Crippen LogP contribution in [0.15, 0.2) is 24.0 Å². The monoisotopic (exact) mass is 416 g/mol. The quantitative estimate of drug-likeness (QED) is 0.464. The Morgan fingerprint density at radius 1 is 1.03 bits per heavy atom. The van der Waals surface area contributed by atoms with Gasteiger partial charge >= 0.3 is 0 Å². The van der Waals surface area contributed by atoms with E-state index in [-0.39, 0.29) is 18.1 Å². The van der Waals surface area contributed by atoms with Gasteiger partial charge in [0.1, 0.15) is 11.9 Å². The van der Waals surface area contributed by atoms with Crippen molar-refractivity contribution < 1.29 is 20.0 Å². The molecular formula is C26H40O4. The van der Waals surface area contributed by atoms with Gasteiger partial charge in [-0.2, -0.15) is 4.89 Å². The summed E-state index contributed by atoms with van der Waals surface area (Å²) in [6.07, 6.45) is 14.3. The molecule has 168 valence electrons. The van der Waals surface area contributed by atoms with E-state index in [4.69, 9.17) is 9.78 Å². The van der Waals surface area contributed by atoms with Crippen molar-refractivity contribution in [1.82, 2.24) is 0 Å². The van der Waals surface area contributed by atoms with Gasteiger partial charge in [0.05, 0.1) is 12.2 Å². The average Bonchev–Trinajstić information content (AvgIpc) is 3.30. The number of aliphatic hydroxyl groups excluding tert-OH is 2. The van der Waals surface area contributed by atoms with Crippen LogP contribution in [-0.2, 0) is 9.78 Å². The van der Waals surface area contributed by atoms with Gasteiger partial charge in [-0.15, -0.1) is 0 Å². The predicted molar refractivity (Wildman–Crippen MR) is 116 cm³/mol. The van der Waals surface area contributed by atoms with Crippen molar-refractivity contribution in [2.75, 3.05) is 0 Å². The lowest BCUT2D eigenvalue weighted by molar-refractivity contribution is -0.277. The summed E-state index contributed by atoms with van der Waals surface area (Å²) in [5.74, 6) is 5.74. The second-order valence-electron chi connectivity index (χ2n) is 11.1. The lowest BCUT2D eigenvalue weighted by atomic mass is 9.66. The van der Waals surface area contributed by atoms with Crippen LogP contribution in [0.2, 0.25) is 0 Å². The lowest BCUT2D eigenvalue weighted by Gasteiger charge is -2.39. The summed E-state index contributed by atoms with van der Waals surface area (Å²) in [7, 11) is 0. The van der Waals surface area contributed by atoms with Gasteiger partial charge in [-0.1, -0.05) is 26.3 Å². The van der Waals surface area contributed by atoms with E-state index in [1.54, 1.807) is 0 Å². The molecule has 0 saturated heterocycles. The minimum atomic E-state index is -0.517. The molecule has 0 spiro atoms. The zero-order chi connectivity index (χ0) is 20.8. The van der Waals surface area contributed by atoms with Gasteiger partial charge in [-0.25, -0.2) is 0 Å². The highest BCUT2D eigenvalue weighted by atomic mass is 17.2. The normalized spacial score (nSPS) is 45.0. The molecule has 5 rings (SSSR count). The average molecular weight is 417 g/mol. The van der Waals surface area contributed by atoms with Gasteiger partial charge in [-0.3, -0.25) is 0 Å². The summed E-state index contributed by atoms with van der Waals surface area (Å²) in [6.45, 7) is 6.53. The Kier molecular flexibility index (Phi) is 6.03. The number of aliphatic hydroxyl groups is 2. The van der Waals surface area contributed by atoms with E-state index in [0.29, 0.717) is 18.3 Å². The molecule has 4 heteroatoms. The van der Waals surface area contributed by atoms with E-state index in [0.717, 1.165) is 47.8 Å². The molecule has 9 atom stereocenters. The second-order valence-corrected chi connectivity index (χ2v) is 11.1. The van der Waals surface area contributed by atoms with Crippen LogP contribution in [0.3, 0.4) is 0 Å². The summed E-state index contributed by atoms with van der Waals surface area (Å²) < 4.78 is 0. The summed E-state index contributed by atoms with van der Waals surface area (Å²) in [5.41, 5.74) is 0.960. The van der Waals surface area contributed by atoms with E-state index < -0.39 is 6.10 Å². The van der Waals surface area contributed by atoms with Crippen LogP contribution in [0.1, 0.15) is 77.6 Å². The molecule has 1 aliphatic heterocycles. The molecule has 1 heterocycles. The van der Waals surface area contributed by atoms with Gasteiger partial charge in [0.15, 0.2) is 0 Å². The van der Waals surface area contributed by atoms with Gasteiger partial charge in [0.25, 0.3) is 0 Å². The molecule has 4 nitrogen and oxygen atoms in total. The van der Waals surface area contributed by atoms with Gasteiger partial charge in [0.2, 0.25) is 0 Å². The maximum absolute atomic E-state index is 10.2. The maximum Gasteiger partial charge on any atom is 0.144 e. The Balaban J connectivity index is 1.18. The minimum absolute atomic E-state index is 0.137. The van der Waals surface area contributed by atoms with Gasteiger partial charge in [0, 0.05) is 12.3 Å². The molecule has 0 amide bonds. The lowest BCUT2D eigenvalue weighted by Crippen LogP contribution is -2.34. The molecule has 0 aromatic heterocycles. The standard InChI is InChI=1S/C26H40O4/c1-15-19(12-20(27)13-24(15)28)9-6-17-4-3-5-23-21(10-11-22(17)23)16(2)25-14-26(30-29-25)18-7-8-18/h14,16-25,27-28H,1,3-13H2,2H3/t16-,17?,19?,20+,21+,22?,23?,24-,25?/m0/s1. The first-order chi connectivity index (χ1) is 14.5. The second kappa shape index (κ2) is 8.60. The first kappa shape index (κ1) is 21.0. The number of fused-ring (bicyclic) bond motifs is 1. The predicted octanol–water partition coefficient (Wildman–Crippen LogP) is 5.16. The first-order valence-electron chi connectivity index (χ1n) is 12.6. The Morgan fingerprint density at radius 2 is 1.87 bits per heavy atom. The van der Waals surface area contributed by atoms with Crippen LogP contribution >= 0.6 is 0 Å². The van der Waals surface area contributed by atoms with Crippen molar-refractivity contribution in [3.8, 4) is 0 Å². The molecule has 4 fully saturated rings. The fourth-order valence-electron chi connectivity index (χ4n) is 7.34. The van der Waals surface area contributed by atoms with E-state index in [2.05, 4.69) is 19.6 Å². The topological polar surface area (TPSA) is 58.9 Å². The van der Waals surface area contributed by atoms with Crippen molar-refractivity contribution >= 4 is 0 Å². The Bertz CT molecular complexity index is 668. The van der Waals surface area contributed by atoms with Crippen molar-refractivity contribution in [3.63, 3.8) is 0 Å². The molecule has 0 aromatic rings. The highest BCUT2D eigenvalue weighted by Crippen LogP contribution is 2.54. The van der Waals surface area contributed by atoms with Crippen LogP contribution in [0.4, 0.5) is 0 Å². The smallest absolute Gasteiger partial charge is 0.144 e. The summed E-state index contributed by atoms with van der Waals surface area (Å²) in [6, 6.07) is 0. The number of allylic oxidation sites excluding steroid dienone is 1. The van der Waals surface area contributed by atoms with E-state index in [9.17, 15) is 10.2 Å². The first-order valence-corrected chi connectivity index (χ1v) is 12.6. The molecule has 0 aromatic carbocycles. The zero-order valence-electron chi connectivity index (χ0n) is 18.5. The van der Waals surface area contributed by atoms with Crippen LogP contribution in [0, 0.1) is 41.4 Å². The molecule has 30 heavy (non-hydrogen) atoms. The molecule has 5 aliphatic rings. The molecule has 4 aliphatic carbocycles. The van der Waals surface area contributed by atoms with E-state index >= 15 is 0 Å². The van der Waals surface area contributed by atoms with E-state index in [1.165, 1.54) is 51.4 Å². The van der Waals surface area contributed by atoms with Crippen LogP contribution < -0.4 is 0 Å². The fraction of sp³-hybridized carbons (Fsp3) is 0.846. The van der Waals surface area contributed by atoms with Gasteiger partial charge < -0.3 is 15.1 Å². The molecular weight excluding hydrogens is 376 g/mol. The minimum Gasteiger partial charge on any atom is -0.393 e. The Labute approximate surface area is 181 Å². The van der Waals surface area contributed by atoms with Crippen LogP contribution in [0.5, 0.6) is 0 Å². The van der Waals surface area contributed by atoms with Crippen molar-refractivity contribution in [2.24, 2.45) is 41.4 Å². The SMILES string of the molecule is C=C1C(CCC2CCCC3C2CC[C@@H]3[C@H](C)C2C=C(C3CC3)OO2)C[C@@H](O)C[C@@H]1O. The van der Waals surface area contributed by atoms with Crippen LogP contribution in [0.25, 0.3) is 0 Å². The summed E-state index contributed by atoms with van der Waals surface area (Å²) >= 11 is 0. The molecule has 0 radical (unpaired) electrons. The number of hydrogen-bond acceptors (Lipinski definition) is 4. The largest absolute Gasteiger partial charge is 0.393 e. The number of hydrogen-bond donors (Lipinski definition) is 2. The molecule has 0 bridgehead atoms. The molecule has 2 N–H and O–H groups in total. The zero-order valence-corrected chi connectivity index (χ0v) is 18.5. The van der Waals surface area contributed by atoms with Crippen LogP contribution in [-0.4, -0.2) is 28.5 Å². The highest BCUT2D eigenvalue weighted by Gasteiger charge is 2.47. The van der Waals surface area contributed by atoms with Crippen molar-refractivity contribution in [2.45, 2.75) is 95.9 Å². The Morgan fingerprint density at radius 3 is 2.67 bits per heavy atom. The van der Waals surface area contributed by atoms with Gasteiger partial charge in [-0.05, 0) is 98.5 Å².